The number of rotatable bonds is 1. The number of hydrogen-bond acceptors (Lipinski definition) is 1. The molecule has 78 valence electrons. The summed E-state index contributed by atoms with van der Waals surface area (Å²) in [6.45, 7) is 9.61. The molecule has 0 radical (unpaired) electrons. The molecule has 1 nitrogen and oxygen atoms in total. The van der Waals surface area contributed by atoms with Gasteiger partial charge in [-0.25, -0.2) is 4.39 Å². The smallest absolute Gasteiger partial charge is 0.123 e. The third-order valence-corrected chi connectivity index (χ3v) is 3.79. The molecule has 1 aliphatic heterocycles. The molecule has 1 heterocycles. The van der Waals surface area contributed by atoms with Crippen LogP contribution in [0.25, 0.3) is 0 Å². The highest BCUT2D eigenvalue weighted by Crippen LogP contribution is 2.35. The van der Waals surface area contributed by atoms with E-state index in [1.165, 1.54) is 0 Å². The SMILES string of the molecule is CC1CCN(C(C)(C)I)CC1(C)F. The number of alkyl halides is 2. The molecule has 0 aromatic carbocycles. The van der Waals surface area contributed by atoms with Gasteiger partial charge < -0.3 is 0 Å². The molecule has 0 aromatic heterocycles. The van der Waals surface area contributed by atoms with Crippen LogP contribution < -0.4 is 0 Å². The quantitative estimate of drug-likeness (QED) is 0.408. The van der Waals surface area contributed by atoms with Gasteiger partial charge in [-0.15, -0.1) is 0 Å². The molecule has 2 unspecified atom stereocenters. The fourth-order valence-corrected chi connectivity index (χ4v) is 2.12. The fraction of sp³-hybridized carbons (Fsp3) is 1.00. The van der Waals surface area contributed by atoms with Gasteiger partial charge >= 0.3 is 0 Å². The van der Waals surface area contributed by atoms with Crippen LogP contribution in [0.3, 0.4) is 0 Å². The van der Waals surface area contributed by atoms with Crippen molar-refractivity contribution in [2.24, 2.45) is 5.92 Å². The molecule has 0 N–H and O–H groups in total. The lowest BCUT2D eigenvalue weighted by atomic mass is 9.85. The second-order valence-electron chi connectivity index (χ2n) is 4.80. The molecule has 3 heteroatoms. The highest BCUT2D eigenvalue weighted by atomic mass is 127. The molecule has 13 heavy (non-hydrogen) atoms. The number of likely N-dealkylation sites (tertiary alicyclic amines) is 1. The average Bonchev–Trinajstić information content (AvgIpc) is 1.92. The second kappa shape index (κ2) is 3.65. The zero-order valence-electron chi connectivity index (χ0n) is 8.90. The van der Waals surface area contributed by atoms with Gasteiger partial charge in [0.2, 0.25) is 0 Å². The van der Waals surface area contributed by atoms with Crippen LogP contribution >= 0.6 is 22.6 Å². The predicted octanol–water partition coefficient (Wildman–Crippen LogP) is 3.23. The number of hydrogen-bond donors (Lipinski definition) is 0. The summed E-state index contributed by atoms with van der Waals surface area (Å²) in [6, 6.07) is 0. The normalized spacial score (nSPS) is 37.8. The van der Waals surface area contributed by atoms with Gasteiger partial charge in [0.1, 0.15) is 5.67 Å². The summed E-state index contributed by atoms with van der Waals surface area (Å²) < 4.78 is 14.1. The van der Waals surface area contributed by atoms with Crippen LogP contribution in [-0.4, -0.2) is 27.2 Å². The lowest BCUT2D eigenvalue weighted by molar-refractivity contribution is -0.00324. The Morgan fingerprint density at radius 3 is 2.46 bits per heavy atom. The van der Waals surface area contributed by atoms with Crippen LogP contribution in [0.2, 0.25) is 0 Å². The average molecular weight is 299 g/mol. The van der Waals surface area contributed by atoms with Crippen LogP contribution in [0.4, 0.5) is 4.39 Å². The van der Waals surface area contributed by atoms with E-state index in [2.05, 4.69) is 41.3 Å². The fourth-order valence-electron chi connectivity index (χ4n) is 1.71. The van der Waals surface area contributed by atoms with E-state index in [9.17, 15) is 4.39 Å². The molecule has 2 atom stereocenters. The molecule has 0 saturated carbocycles. The maximum Gasteiger partial charge on any atom is 0.123 e. The van der Waals surface area contributed by atoms with E-state index in [0.29, 0.717) is 6.54 Å². The summed E-state index contributed by atoms with van der Waals surface area (Å²) in [5, 5.41) is 0. The lowest BCUT2D eigenvalue weighted by Gasteiger charge is -2.45. The van der Waals surface area contributed by atoms with E-state index in [-0.39, 0.29) is 9.46 Å². The van der Waals surface area contributed by atoms with Gasteiger partial charge in [-0.3, -0.25) is 4.90 Å². The molecular formula is C10H19FIN. The Labute approximate surface area is 94.2 Å². The Balaban J connectivity index is 2.66. The standard InChI is InChI=1S/C10H19FIN/c1-8-5-6-13(9(2,3)12)7-10(8,4)11/h8H,5-7H2,1-4H3. The Hall–Kier alpha value is 0.620. The van der Waals surface area contributed by atoms with Crippen molar-refractivity contribution in [3.8, 4) is 0 Å². The van der Waals surface area contributed by atoms with Gasteiger partial charge in [-0.05, 0) is 39.7 Å². The molecule has 1 saturated heterocycles. The Morgan fingerprint density at radius 2 is 2.08 bits per heavy atom. The van der Waals surface area contributed by atoms with Crippen molar-refractivity contribution in [1.82, 2.24) is 4.90 Å². The van der Waals surface area contributed by atoms with Crippen LogP contribution in [0.5, 0.6) is 0 Å². The van der Waals surface area contributed by atoms with Crippen molar-refractivity contribution < 1.29 is 4.39 Å². The third kappa shape index (κ3) is 2.78. The van der Waals surface area contributed by atoms with E-state index < -0.39 is 5.67 Å². The van der Waals surface area contributed by atoms with E-state index >= 15 is 0 Å². The van der Waals surface area contributed by atoms with Crippen molar-refractivity contribution in [3.63, 3.8) is 0 Å². The lowest BCUT2D eigenvalue weighted by Crippen LogP contribution is -2.53. The summed E-state index contributed by atoms with van der Waals surface area (Å²) in [5.41, 5.74) is -1.01. The van der Waals surface area contributed by atoms with E-state index in [0.717, 1.165) is 13.0 Å². The summed E-state index contributed by atoms with van der Waals surface area (Å²) in [7, 11) is 0. The highest BCUT2D eigenvalue weighted by Gasteiger charge is 2.40. The number of piperidine rings is 1. The largest absolute Gasteiger partial charge is 0.286 e. The summed E-state index contributed by atoms with van der Waals surface area (Å²) in [5.74, 6) is 0.197. The van der Waals surface area contributed by atoms with Gasteiger partial charge in [-0.1, -0.05) is 29.5 Å². The van der Waals surface area contributed by atoms with Gasteiger partial charge in [-0.2, -0.15) is 0 Å². The first-order valence-corrected chi connectivity index (χ1v) is 5.94. The van der Waals surface area contributed by atoms with Crippen molar-refractivity contribution in [2.45, 2.75) is 43.3 Å². The van der Waals surface area contributed by atoms with E-state index in [1.807, 2.05) is 6.92 Å². The first-order chi connectivity index (χ1) is 5.73. The second-order valence-corrected chi connectivity index (χ2v) is 7.44. The monoisotopic (exact) mass is 299 g/mol. The molecule has 0 aliphatic carbocycles. The van der Waals surface area contributed by atoms with Crippen LogP contribution in [0.15, 0.2) is 0 Å². The van der Waals surface area contributed by atoms with E-state index in [1.54, 1.807) is 6.92 Å². The van der Waals surface area contributed by atoms with Crippen molar-refractivity contribution in [1.29, 1.82) is 0 Å². The minimum absolute atomic E-state index is 0.0747. The Morgan fingerprint density at radius 1 is 1.54 bits per heavy atom. The van der Waals surface area contributed by atoms with Crippen molar-refractivity contribution in [3.05, 3.63) is 0 Å². The van der Waals surface area contributed by atoms with Gasteiger partial charge in [0.25, 0.3) is 0 Å². The maximum atomic E-state index is 14.0. The molecule has 1 fully saturated rings. The van der Waals surface area contributed by atoms with Crippen molar-refractivity contribution >= 4 is 22.6 Å². The molecule has 0 bridgehead atoms. The zero-order valence-corrected chi connectivity index (χ0v) is 11.1. The summed E-state index contributed by atoms with van der Waals surface area (Å²) >= 11 is 2.38. The maximum absolute atomic E-state index is 14.0. The zero-order chi connectivity index (χ0) is 10.3. The number of nitrogens with zero attached hydrogens (tertiary/aromatic N) is 1. The van der Waals surface area contributed by atoms with Gasteiger partial charge in [0.15, 0.2) is 0 Å². The van der Waals surface area contributed by atoms with E-state index in [4.69, 9.17) is 0 Å². The summed E-state index contributed by atoms with van der Waals surface area (Å²) in [4.78, 5) is 2.23. The van der Waals surface area contributed by atoms with Crippen molar-refractivity contribution in [2.75, 3.05) is 13.1 Å². The minimum Gasteiger partial charge on any atom is -0.286 e. The number of halogens is 2. The Bertz CT molecular complexity index is 186. The molecule has 0 amide bonds. The predicted molar refractivity (Wildman–Crippen MR) is 63.0 cm³/mol. The first kappa shape index (κ1) is 11.7. The topological polar surface area (TPSA) is 3.24 Å². The minimum atomic E-state index is -1.01. The van der Waals surface area contributed by atoms with Gasteiger partial charge in [0, 0.05) is 6.54 Å². The summed E-state index contributed by atoms with van der Waals surface area (Å²) in [6.07, 6.45) is 0.972. The third-order valence-electron chi connectivity index (χ3n) is 3.11. The Kier molecular flexibility index (Phi) is 3.28. The first-order valence-electron chi connectivity index (χ1n) is 4.86. The van der Waals surface area contributed by atoms with Crippen LogP contribution in [0, 0.1) is 5.92 Å². The highest BCUT2D eigenvalue weighted by molar-refractivity contribution is 14.1. The molecule has 0 aromatic rings. The molecular weight excluding hydrogens is 280 g/mol. The van der Waals surface area contributed by atoms with Gasteiger partial charge in [0.05, 0.1) is 3.55 Å². The van der Waals surface area contributed by atoms with Crippen LogP contribution in [0.1, 0.15) is 34.1 Å². The van der Waals surface area contributed by atoms with Crippen LogP contribution in [-0.2, 0) is 0 Å². The molecule has 0 spiro atoms. The molecule has 1 rings (SSSR count). The molecule has 1 aliphatic rings.